The molecule has 1 aliphatic rings. The number of pyridine rings is 1. The lowest BCUT2D eigenvalue weighted by molar-refractivity contribution is -0.123. The van der Waals surface area contributed by atoms with Crippen LogP contribution in [0.15, 0.2) is 66.2 Å². The molecule has 1 aliphatic carbocycles. The smallest absolute Gasteiger partial charge is 0.277 e. The lowest BCUT2D eigenvalue weighted by atomic mass is 9.95. The van der Waals surface area contributed by atoms with Gasteiger partial charge in [0.2, 0.25) is 5.91 Å². The normalized spacial score (nSPS) is 15.0. The second kappa shape index (κ2) is 10.4. The van der Waals surface area contributed by atoms with Gasteiger partial charge in [0.25, 0.3) is 5.91 Å². The summed E-state index contributed by atoms with van der Waals surface area (Å²) in [5.41, 5.74) is 0.861. The van der Waals surface area contributed by atoms with E-state index >= 15 is 0 Å². The van der Waals surface area contributed by atoms with Crippen molar-refractivity contribution >= 4 is 28.8 Å². The quantitative estimate of drug-likeness (QED) is 0.552. The van der Waals surface area contributed by atoms with E-state index in [0.29, 0.717) is 11.4 Å². The topological polar surface area (TPSA) is 71.5 Å². The standard InChI is InChI=1S/C25H27N3O3S/c1-31-20-12-7-11-19(17-20)28(25(30)21-13-5-6-15-26-21)23(22-14-8-16-32-22)24(29)27-18-9-3-2-4-10-18/h5-8,11-18,23H,2-4,9-10H2,1H3,(H,27,29)/t23-/m1/s1. The highest BCUT2D eigenvalue weighted by atomic mass is 32.1. The number of ether oxygens (including phenoxy) is 1. The van der Waals surface area contributed by atoms with Gasteiger partial charge >= 0.3 is 0 Å². The van der Waals surface area contributed by atoms with E-state index in [2.05, 4.69) is 10.3 Å². The van der Waals surface area contributed by atoms with Crippen LogP contribution in [0.5, 0.6) is 5.75 Å². The summed E-state index contributed by atoms with van der Waals surface area (Å²) < 4.78 is 5.39. The molecule has 1 atom stereocenters. The summed E-state index contributed by atoms with van der Waals surface area (Å²) in [6, 6.07) is 15.5. The first-order valence-corrected chi connectivity index (χ1v) is 11.8. The largest absolute Gasteiger partial charge is 0.497 e. The number of anilines is 1. The zero-order valence-electron chi connectivity index (χ0n) is 18.1. The molecule has 0 radical (unpaired) electrons. The van der Waals surface area contributed by atoms with Gasteiger partial charge in [-0.15, -0.1) is 11.3 Å². The van der Waals surface area contributed by atoms with Crippen LogP contribution >= 0.6 is 11.3 Å². The van der Waals surface area contributed by atoms with Crippen molar-refractivity contribution in [3.8, 4) is 5.75 Å². The Balaban J connectivity index is 1.77. The third-order valence-electron chi connectivity index (χ3n) is 5.71. The van der Waals surface area contributed by atoms with Crippen molar-refractivity contribution in [1.82, 2.24) is 10.3 Å². The minimum absolute atomic E-state index is 0.135. The van der Waals surface area contributed by atoms with Crippen LogP contribution in [-0.4, -0.2) is 29.9 Å². The molecule has 2 amide bonds. The van der Waals surface area contributed by atoms with Crippen molar-refractivity contribution in [3.05, 3.63) is 76.7 Å². The summed E-state index contributed by atoms with van der Waals surface area (Å²) in [4.78, 5) is 34.0. The average molecular weight is 450 g/mol. The minimum atomic E-state index is -0.807. The number of methoxy groups -OCH3 is 1. The number of hydrogen-bond acceptors (Lipinski definition) is 5. The number of hydrogen-bond donors (Lipinski definition) is 1. The Kier molecular flexibility index (Phi) is 7.17. The van der Waals surface area contributed by atoms with Crippen molar-refractivity contribution in [3.63, 3.8) is 0 Å². The number of aromatic nitrogens is 1. The van der Waals surface area contributed by atoms with Crippen molar-refractivity contribution in [1.29, 1.82) is 0 Å². The summed E-state index contributed by atoms with van der Waals surface area (Å²) in [7, 11) is 1.58. The maximum Gasteiger partial charge on any atom is 0.277 e. The Labute approximate surface area is 192 Å². The summed E-state index contributed by atoms with van der Waals surface area (Å²) in [5, 5.41) is 5.14. The van der Waals surface area contributed by atoms with E-state index in [1.165, 1.54) is 22.7 Å². The molecule has 6 nitrogen and oxygen atoms in total. The molecule has 2 heterocycles. The van der Waals surface area contributed by atoms with Crippen LogP contribution in [0.2, 0.25) is 0 Å². The molecular weight excluding hydrogens is 422 g/mol. The van der Waals surface area contributed by atoms with E-state index in [0.717, 1.165) is 30.6 Å². The fourth-order valence-corrected chi connectivity index (χ4v) is 4.92. The van der Waals surface area contributed by atoms with Crippen LogP contribution in [0, 0.1) is 0 Å². The fraction of sp³-hybridized carbons (Fsp3) is 0.320. The van der Waals surface area contributed by atoms with Crippen molar-refractivity contribution in [2.45, 2.75) is 44.2 Å². The van der Waals surface area contributed by atoms with E-state index < -0.39 is 6.04 Å². The van der Waals surface area contributed by atoms with Gasteiger partial charge in [-0.3, -0.25) is 19.5 Å². The first-order chi connectivity index (χ1) is 15.7. The number of nitrogens with zero attached hydrogens (tertiary/aromatic N) is 2. The molecule has 166 valence electrons. The summed E-state index contributed by atoms with van der Waals surface area (Å²) in [5.74, 6) is 0.0986. The highest BCUT2D eigenvalue weighted by molar-refractivity contribution is 7.10. The van der Waals surface area contributed by atoms with Crippen LogP contribution in [0.25, 0.3) is 0 Å². The third-order valence-corrected chi connectivity index (χ3v) is 6.63. The maximum atomic E-state index is 13.7. The zero-order valence-corrected chi connectivity index (χ0v) is 18.9. The van der Waals surface area contributed by atoms with E-state index in [9.17, 15) is 9.59 Å². The Morgan fingerprint density at radius 3 is 2.62 bits per heavy atom. The molecule has 1 aromatic carbocycles. The van der Waals surface area contributed by atoms with Crippen LogP contribution in [0.4, 0.5) is 5.69 Å². The number of amides is 2. The molecule has 0 saturated heterocycles. The molecule has 0 bridgehead atoms. The van der Waals surface area contributed by atoms with Crippen molar-refractivity contribution < 1.29 is 14.3 Å². The predicted molar refractivity (Wildman–Crippen MR) is 126 cm³/mol. The van der Waals surface area contributed by atoms with Crippen LogP contribution in [-0.2, 0) is 4.79 Å². The molecular formula is C25H27N3O3S. The van der Waals surface area contributed by atoms with Gasteiger partial charge in [-0.05, 0) is 48.6 Å². The fourth-order valence-electron chi connectivity index (χ4n) is 4.10. The van der Waals surface area contributed by atoms with E-state index in [4.69, 9.17) is 4.74 Å². The molecule has 0 spiro atoms. The molecule has 1 fully saturated rings. The molecule has 2 aromatic heterocycles. The maximum absolute atomic E-state index is 13.7. The van der Waals surface area contributed by atoms with Gasteiger partial charge in [-0.1, -0.05) is 37.5 Å². The average Bonchev–Trinajstić information content (AvgIpc) is 3.37. The zero-order chi connectivity index (χ0) is 22.3. The number of carbonyl (C=O) groups excluding carboxylic acids is 2. The Morgan fingerprint density at radius 1 is 1.09 bits per heavy atom. The molecule has 7 heteroatoms. The number of carbonyl (C=O) groups is 2. The molecule has 32 heavy (non-hydrogen) atoms. The second-order valence-electron chi connectivity index (χ2n) is 7.85. The van der Waals surface area contributed by atoms with E-state index in [1.807, 2.05) is 35.7 Å². The molecule has 3 aromatic rings. The lowest BCUT2D eigenvalue weighted by Gasteiger charge is -2.32. The Morgan fingerprint density at radius 2 is 1.94 bits per heavy atom. The van der Waals surface area contributed by atoms with Crippen LogP contribution in [0.1, 0.15) is 53.5 Å². The number of rotatable bonds is 7. The Bertz CT molecular complexity index is 1030. The van der Waals surface area contributed by atoms with Crippen LogP contribution < -0.4 is 15.0 Å². The predicted octanol–water partition coefficient (Wildman–Crippen LogP) is 4.99. The number of benzene rings is 1. The highest BCUT2D eigenvalue weighted by Gasteiger charge is 2.35. The first kappa shape index (κ1) is 22.0. The number of nitrogens with one attached hydrogen (secondary N) is 1. The van der Waals surface area contributed by atoms with Gasteiger partial charge in [0, 0.05) is 28.9 Å². The summed E-state index contributed by atoms with van der Waals surface area (Å²) in [6.07, 6.45) is 6.95. The van der Waals surface area contributed by atoms with Crippen LogP contribution in [0.3, 0.4) is 0 Å². The molecule has 1 N–H and O–H groups in total. The molecule has 4 rings (SSSR count). The lowest BCUT2D eigenvalue weighted by Crippen LogP contribution is -2.47. The van der Waals surface area contributed by atoms with E-state index in [1.54, 1.807) is 37.6 Å². The van der Waals surface area contributed by atoms with Gasteiger partial charge in [0.05, 0.1) is 7.11 Å². The third kappa shape index (κ3) is 4.99. The van der Waals surface area contributed by atoms with Gasteiger partial charge in [0.1, 0.15) is 11.4 Å². The van der Waals surface area contributed by atoms with Crippen molar-refractivity contribution in [2.75, 3.05) is 12.0 Å². The van der Waals surface area contributed by atoms with Gasteiger partial charge in [0.15, 0.2) is 6.04 Å². The Hall–Kier alpha value is -3.19. The number of thiophene rings is 1. The summed E-state index contributed by atoms with van der Waals surface area (Å²) >= 11 is 1.46. The molecule has 1 saturated carbocycles. The summed E-state index contributed by atoms with van der Waals surface area (Å²) in [6.45, 7) is 0. The first-order valence-electron chi connectivity index (χ1n) is 10.9. The van der Waals surface area contributed by atoms with Crippen molar-refractivity contribution in [2.24, 2.45) is 0 Å². The van der Waals surface area contributed by atoms with E-state index in [-0.39, 0.29) is 23.6 Å². The molecule has 0 unspecified atom stereocenters. The van der Waals surface area contributed by atoms with Gasteiger partial charge in [-0.25, -0.2) is 0 Å². The molecule has 0 aliphatic heterocycles. The monoisotopic (exact) mass is 449 g/mol. The van der Waals surface area contributed by atoms with Gasteiger partial charge < -0.3 is 10.1 Å². The second-order valence-corrected chi connectivity index (χ2v) is 8.83. The highest BCUT2D eigenvalue weighted by Crippen LogP contribution is 2.34. The SMILES string of the molecule is COc1cccc(N(C(=O)c2ccccn2)[C@@H](C(=O)NC2CCCCC2)c2cccs2)c1. The minimum Gasteiger partial charge on any atom is -0.497 e. The van der Waals surface area contributed by atoms with Gasteiger partial charge in [-0.2, -0.15) is 0 Å².